The summed E-state index contributed by atoms with van der Waals surface area (Å²) in [4.78, 5) is 2.07. The summed E-state index contributed by atoms with van der Waals surface area (Å²) in [5.41, 5.74) is 1.49. The molecule has 1 aliphatic heterocycles. The predicted molar refractivity (Wildman–Crippen MR) is 97.6 cm³/mol. The van der Waals surface area contributed by atoms with Crippen molar-refractivity contribution in [1.82, 2.24) is 9.21 Å². The second-order valence-electron chi connectivity index (χ2n) is 6.02. The minimum Gasteiger partial charge on any atom is -0.296 e. The molecule has 0 unspecified atom stereocenters. The molecule has 0 aliphatic carbocycles. The fraction of sp³-hybridized carbons (Fsp3) is 0.263. The SMILES string of the molecule is O=S(=O)(/C=C/c1ccccc1)N1CCN(Cc2ccccc2F)CC1. The van der Waals surface area contributed by atoms with Gasteiger partial charge in [-0.05, 0) is 17.7 Å². The summed E-state index contributed by atoms with van der Waals surface area (Å²) in [5.74, 6) is -0.219. The second-order valence-corrected chi connectivity index (χ2v) is 7.84. The van der Waals surface area contributed by atoms with Crippen molar-refractivity contribution in [3.05, 3.63) is 76.9 Å². The monoisotopic (exact) mass is 360 g/mol. The Kier molecular flexibility index (Phi) is 5.63. The number of hydrogen-bond acceptors (Lipinski definition) is 3. The summed E-state index contributed by atoms with van der Waals surface area (Å²) in [6, 6.07) is 16.0. The molecule has 4 nitrogen and oxygen atoms in total. The maximum Gasteiger partial charge on any atom is 0.236 e. The van der Waals surface area contributed by atoms with Crippen molar-refractivity contribution >= 4 is 16.1 Å². The molecule has 2 aromatic rings. The molecule has 1 fully saturated rings. The minimum atomic E-state index is -3.43. The molecular formula is C19H21FN2O2S. The van der Waals surface area contributed by atoms with Gasteiger partial charge in [0.15, 0.2) is 0 Å². The van der Waals surface area contributed by atoms with Crippen molar-refractivity contribution in [2.75, 3.05) is 26.2 Å². The Morgan fingerprint density at radius 1 is 0.920 bits per heavy atom. The highest BCUT2D eigenvalue weighted by Gasteiger charge is 2.25. The molecule has 132 valence electrons. The predicted octanol–water partition coefficient (Wildman–Crippen LogP) is 2.94. The van der Waals surface area contributed by atoms with Crippen LogP contribution in [0, 0.1) is 5.82 Å². The van der Waals surface area contributed by atoms with E-state index < -0.39 is 10.0 Å². The first-order chi connectivity index (χ1) is 12.0. The van der Waals surface area contributed by atoms with Crippen LogP contribution in [0.2, 0.25) is 0 Å². The van der Waals surface area contributed by atoms with Crippen LogP contribution in [0.25, 0.3) is 6.08 Å². The fourth-order valence-electron chi connectivity index (χ4n) is 2.82. The molecule has 6 heteroatoms. The lowest BCUT2D eigenvalue weighted by molar-refractivity contribution is 0.181. The Labute approximate surface area is 148 Å². The molecule has 0 radical (unpaired) electrons. The molecule has 1 saturated heterocycles. The van der Waals surface area contributed by atoms with E-state index in [-0.39, 0.29) is 5.82 Å². The highest BCUT2D eigenvalue weighted by Crippen LogP contribution is 2.15. The summed E-state index contributed by atoms with van der Waals surface area (Å²) < 4.78 is 40.1. The van der Waals surface area contributed by atoms with Crippen molar-refractivity contribution in [2.24, 2.45) is 0 Å². The number of rotatable bonds is 5. The smallest absolute Gasteiger partial charge is 0.236 e. The van der Waals surface area contributed by atoms with Crippen molar-refractivity contribution < 1.29 is 12.8 Å². The van der Waals surface area contributed by atoms with Gasteiger partial charge in [-0.25, -0.2) is 12.8 Å². The van der Waals surface area contributed by atoms with Crippen molar-refractivity contribution in [1.29, 1.82) is 0 Å². The van der Waals surface area contributed by atoms with E-state index in [0.717, 1.165) is 5.56 Å². The lowest BCUT2D eigenvalue weighted by atomic mass is 10.2. The molecule has 3 rings (SSSR count). The summed E-state index contributed by atoms with van der Waals surface area (Å²) >= 11 is 0. The Bertz CT molecular complexity index is 830. The van der Waals surface area contributed by atoms with E-state index in [9.17, 15) is 12.8 Å². The third kappa shape index (κ3) is 4.75. The number of nitrogens with zero attached hydrogens (tertiary/aromatic N) is 2. The van der Waals surface area contributed by atoms with Gasteiger partial charge < -0.3 is 0 Å². The summed E-state index contributed by atoms with van der Waals surface area (Å²) in [5, 5.41) is 1.26. The Morgan fingerprint density at radius 3 is 2.24 bits per heavy atom. The minimum absolute atomic E-state index is 0.219. The van der Waals surface area contributed by atoms with E-state index in [0.29, 0.717) is 38.3 Å². The van der Waals surface area contributed by atoms with E-state index in [1.807, 2.05) is 36.4 Å². The third-order valence-electron chi connectivity index (χ3n) is 4.27. The normalized spacial score (nSPS) is 17.2. The zero-order valence-corrected chi connectivity index (χ0v) is 14.7. The molecule has 0 amide bonds. The van der Waals surface area contributed by atoms with Crippen LogP contribution in [0.1, 0.15) is 11.1 Å². The topological polar surface area (TPSA) is 40.6 Å². The summed E-state index contributed by atoms with van der Waals surface area (Å²) in [7, 11) is -3.43. The first-order valence-corrected chi connectivity index (χ1v) is 9.74. The van der Waals surface area contributed by atoms with Gasteiger partial charge in [0.2, 0.25) is 10.0 Å². The first-order valence-electron chi connectivity index (χ1n) is 8.24. The van der Waals surface area contributed by atoms with Crippen LogP contribution in [0.15, 0.2) is 60.0 Å². The first kappa shape index (κ1) is 17.8. The van der Waals surface area contributed by atoms with Gasteiger partial charge in [0, 0.05) is 43.7 Å². The largest absolute Gasteiger partial charge is 0.296 e. The lowest BCUT2D eigenvalue weighted by Crippen LogP contribution is -2.47. The maximum atomic E-state index is 13.7. The van der Waals surface area contributed by atoms with Crippen LogP contribution < -0.4 is 0 Å². The van der Waals surface area contributed by atoms with Gasteiger partial charge in [0.25, 0.3) is 0 Å². The van der Waals surface area contributed by atoms with Gasteiger partial charge in [-0.1, -0.05) is 48.5 Å². The van der Waals surface area contributed by atoms with E-state index in [4.69, 9.17) is 0 Å². The number of benzene rings is 2. The molecule has 2 aromatic carbocycles. The Hall–Kier alpha value is -2.02. The molecule has 0 N–H and O–H groups in total. The molecular weight excluding hydrogens is 339 g/mol. The van der Waals surface area contributed by atoms with Gasteiger partial charge >= 0.3 is 0 Å². The summed E-state index contributed by atoms with van der Waals surface area (Å²) in [6.45, 7) is 2.51. The molecule has 1 aliphatic rings. The molecule has 0 atom stereocenters. The quantitative estimate of drug-likeness (QED) is 0.823. The third-order valence-corrected chi connectivity index (χ3v) is 5.84. The highest BCUT2D eigenvalue weighted by molar-refractivity contribution is 7.92. The van der Waals surface area contributed by atoms with E-state index in [2.05, 4.69) is 4.90 Å². The summed E-state index contributed by atoms with van der Waals surface area (Å²) in [6.07, 6.45) is 1.61. The van der Waals surface area contributed by atoms with Crippen LogP contribution in [0.5, 0.6) is 0 Å². The molecule has 25 heavy (non-hydrogen) atoms. The van der Waals surface area contributed by atoms with Crippen LogP contribution in [0.4, 0.5) is 4.39 Å². The van der Waals surface area contributed by atoms with E-state index in [1.54, 1.807) is 18.2 Å². The second kappa shape index (κ2) is 7.91. The number of piperazine rings is 1. The Morgan fingerprint density at radius 2 is 1.56 bits per heavy atom. The van der Waals surface area contributed by atoms with Gasteiger partial charge in [0.1, 0.15) is 5.82 Å². The average molecular weight is 360 g/mol. The lowest BCUT2D eigenvalue weighted by Gasteiger charge is -2.33. The van der Waals surface area contributed by atoms with Gasteiger partial charge in [-0.2, -0.15) is 4.31 Å². The molecule has 0 bridgehead atoms. The number of sulfonamides is 1. The maximum absolute atomic E-state index is 13.7. The Balaban J connectivity index is 1.58. The number of hydrogen-bond donors (Lipinski definition) is 0. The van der Waals surface area contributed by atoms with Gasteiger partial charge in [-0.3, -0.25) is 4.90 Å². The van der Waals surface area contributed by atoms with Crippen LogP contribution in [0.3, 0.4) is 0 Å². The molecule has 0 aromatic heterocycles. The number of halogens is 1. The van der Waals surface area contributed by atoms with Crippen molar-refractivity contribution in [3.63, 3.8) is 0 Å². The molecule has 0 spiro atoms. The van der Waals surface area contributed by atoms with Crippen molar-refractivity contribution in [3.8, 4) is 0 Å². The highest BCUT2D eigenvalue weighted by atomic mass is 32.2. The van der Waals surface area contributed by atoms with Crippen molar-refractivity contribution in [2.45, 2.75) is 6.54 Å². The standard InChI is InChI=1S/C19H21FN2O2S/c20-19-9-5-4-8-18(19)16-21-11-13-22(14-12-21)25(23,24)15-10-17-6-2-1-3-7-17/h1-10,15H,11-14,16H2/b15-10+. The molecule has 1 heterocycles. The zero-order valence-electron chi connectivity index (χ0n) is 13.9. The van der Waals surface area contributed by atoms with Crippen LogP contribution in [-0.4, -0.2) is 43.8 Å². The van der Waals surface area contributed by atoms with Gasteiger partial charge in [-0.15, -0.1) is 0 Å². The van der Waals surface area contributed by atoms with E-state index in [1.165, 1.54) is 15.8 Å². The van der Waals surface area contributed by atoms with Gasteiger partial charge in [0.05, 0.1) is 0 Å². The van der Waals surface area contributed by atoms with E-state index >= 15 is 0 Å². The van der Waals surface area contributed by atoms with Crippen LogP contribution >= 0.6 is 0 Å². The average Bonchev–Trinajstić information content (AvgIpc) is 2.63. The fourth-order valence-corrected chi connectivity index (χ4v) is 4.00. The molecule has 0 saturated carbocycles. The zero-order chi connectivity index (χ0) is 17.7. The van der Waals surface area contributed by atoms with Crippen LogP contribution in [-0.2, 0) is 16.6 Å².